The fourth-order valence-corrected chi connectivity index (χ4v) is 2.95. The number of carbonyl (C=O) groups is 1. The molecule has 1 aromatic heterocycles. The number of carboxylic acids is 1. The summed E-state index contributed by atoms with van der Waals surface area (Å²) in [5.74, 6) is -1.42. The van der Waals surface area contributed by atoms with E-state index in [1.165, 1.54) is 24.3 Å². The van der Waals surface area contributed by atoms with Gasteiger partial charge in [0.25, 0.3) is 10.0 Å². The number of nitrogen functional groups attached to an aromatic ring is 1. The first-order chi connectivity index (χ1) is 9.79. The van der Waals surface area contributed by atoms with Gasteiger partial charge in [0.15, 0.2) is 0 Å². The van der Waals surface area contributed by atoms with Crippen molar-refractivity contribution in [3.8, 4) is 0 Å². The van der Waals surface area contributed by atoms with Crippen LogP contribution in [-0.2, 0) is 10.0 Å². The van der Waals surface area contributed by atoms with Gasteiger partial charge in [-0.1, -0.05) is 17.7 Å². The molecule has 0 atom stereocenters. The maximum atomic E-state index is 12.3. The summed E-state index contributed by atoms with van der Waals surface area (Å²) in [6, 6.07) is 7.86. The molecule has 0 aliphatic rings. The maximum Gasteiger partial charge on any atom is 0.337 e. The van der Waals surface area contributed by atoms with Crippen LogP contribution in [0.4, 0.5) is 11.5 Å². The first-order valence-corrected chi connectivity index (χ1v) is 7.44. The normalized spacial score (nSPS) is 11.1. The van der Waals surface area contributed by atoms with E-state index in [1.807, 2.05) is 0 Å². The Kier molecular flexibility index (Phi) is 4.01. The number of aromatic nitrogens is 1. The van der Waals surface area contributed by atoms with E-state index in [0.29, 0.717) is 0 Å². The largest absolute Gasteiger partial charge is 0.478 e. The van der Waals surface area contributed by atoms with Gasteiger partial charge in [-0.2, -0.15) is 0 Å². The van der Waals surface area contributed by atoms with Crippen LogP contribution in [0.5, 0.6) is 0 Å². The molecule has 4 N–H and O–H groups in total. The number of nitrogens with one attached hydrogen (secondary N) is 1. The molecular weight excluding hydrogens is 318 g/mol. The second-order valence-corrected chi connectivity index (χ2v) is 6.05. The fraction of sp³-hybridized carbons (Fsp3) is 0. The van der Waals surface area contributed by atoms with E-state index in [0.717, 1.165) is 12.1 Å². The van der Waals surface area contributed by atoms with Crippen molar-refractivity contribution in [2.75, 3.05) is 10.5 Å². The zero-order valence-electron chi connectivity index (χ0n) is 10.4. The lowest BCUT2D eigenvalue weighted by molar-refractivity contribution is 0.0692. The minimum Gasteiger partial charge on any atom is -0.478 e. The van der Waals surface area contributed by atoms with Crippen LogP contribution in [0.15, 0.2) is 41.3 Å². The third-order valence-electron chi connectivity index (χ3n) is 2.48. The molecule has 0 fully saturated rings. The van der Waals surface area contributed by atoms with Crippen molar-refractivity contribution in [1.29, 1.82) is 0 Å². The van der Waals surface area contributed by atoms with Gasteiger partial charge in [0.1, 0.15) is 15.9 Å². The summed E-state index contributed by atoms with van der Waals surface area (Å²) in [4.78, 5) is 14.5. The molecule has 0 amide bonds. The molecule has 0 aliphatic carbocycles. The standard InChI is InChI=1S/C12H10ClN3O4S/c13-10-2-1-3-11(15-10)16-21(19,20)9-5-4-7(14)6-8(9)12(17)18/h1-6H,14H2,(H,15,16)(H,17,18). The summed E-state index contributed by atoms with van der Waals surface area (Å²) < 4.78 is 26.7. The van der Waals surface area contributed by atoms with Crippen LogP contribution in [0.2, 0.25) is 5.15 Å². The third kappa shape index (κ3) is 3.41. The number of pyridine rings is 1. The lowest BCUT2D eigenvalue weighted by Crippen LogP contribution is -2.17. The van der Waals surface area contributed by atoms with Gasteiger partial charge >= 0.3 is 5.97 Å². The van der Waals surface area contributed by atoms with Crippen LogP contribution >= 0.6 is 11.6 Å². The average molecular weight is 328 g/mol. The summed E-state index contributed by atoms with van der Waals surface area (Å²) in [5.41, 5.74) is 5.19. The summed E-state index contributed by atoms with van der Waals surface area (Å²) in [6.07, 6.45) is 0. The van der Waals surface area contributed by atoms with Gasteiger partial charge in [0.05, 0.1) is 5.56 Å². The number of carboxylic acid groups (broad SMARTS) is 1. The van der Waals surface area contributed by atoms with Crippen molar-refractivity contribution in [1.82, 2.24) is 4.98 Å². The lowest BCUT2D eigenvalue weighted by atomic mass is 10.2. The average Bonchev–Trinajstić information content (AvgIpc) is 2.37. The molecule has 110 valence electrons. The first kappa shape index (κ1) is 15.1. The molecule has 9 heteroatoms. The van der Waals surface area contributed by atoms with E-state index >= 15 is 0 Å². The number of hydrogen-bond donors (Lipinski definition) is 3. The number of hydrogen-bond acceptors (Lipinski definition) is 5. The molecule has 0 saturated heterocycles. The molecule has 0 spiro atoms. The monoisotopic (exact) mass is 327 g/mol. The molecule has 2 rings (SSSR count). The highest BCUT2D eigenvalue weighted by Crippen LogP contribution is 2.22. The molecule has 0 saturated carbocycles. The molecule has 0 aliphatic heterocycles. The summed E-state index contributed by atoms with van der Waals surface area (Å²) in [7, 11) is -4.13. The highest BCUT2D eigenvalue weighted by Gasteiger charge is 2.23. The molecular formula is C12H10ClN3O4S. The van der Waals surface area contributed by atoms with Gasteiger partial charge in [-0.05, 0) is 30.3 Å². The number of sulfonamides is 1. The highest BCUT2D eigenvalue weighted by atomic mass is 35.5. The van der Waals surface area contributed by atoms with Crippen molar-refractivity contribution in [2.24, 2.45) is 0 Å². The van der Waals surface area contributed by atoms with Gasteiger partial charge in [0, 0.05) is 5.69 Å². The van der Waals surface area contributed by atoms with E-state index in [4.69, 9.17) is 22.4 Å². The minimum absolute atomic E-state index is 0.0179. The Morgan fingerprint density at radius 2 is 2.00 bits per heavy atom. The summed E-state index contributed by atoms with van der Waals surface area (Å²) in [6.45, 7) is 0. The number of aromatic carboxylic acids is 1. The second-order valence-electron chi connectivity index (χ2n) is 4.01. The fourth-order valence-electron chi connectivity index (χ4n) is 1.61. The van der Waals surface area contributed by atoms with Crippen LogP contribution in [0.25, 0.3) is 0 Å². The van der Waals surface area contributed by atoms with Crippen molar-refractivity contribution in [3.05, 3.63) is 47.1 Å². The quantitative estimate of drug-likeness (QED) is 0.581. The first-order valence-electron chi connectivity index (χ1n) is 5.58. The number of benzene rings is 1. The van der Waals surface area contributed by atoms with Crippen LogP contribution in [0.3, 0.4) is 0 Å². The molecule has 1 aromatic carbocycles. The molecule has 0 bridgehead atoms. The van der Waals surface area contributed by atoms with Gasteiger partial charge < -0.3 is 10.8 Å². The van der Waals surface area contributed by atoms with Gasteiger partial charge in [-0.15, -0.1) is 0 Å². The minimum atomic E-state index is -4.13. The van der Waals surface area contributed by atoms with Crippen LogP contribution in [-0.4, -0.2) is 24.5 Å². The van der Waals surface area contributed by atoms with Crippen molar-refractivity contribution >= 4 is 39.1 Å². The molecule has 2 aromatic rings. The van der Waals surface area contributed by atoms with E-state index in [2.05, 4.69) is 9.71 Å². The Balaban J connectivity index is 2.47. The topological polar surface area (TPSA) is 122 Å². The lowest BCUT2D eigenvalue weighted by Gasteiger charge is -2.10. The van der Waals surface area contributed by atoms with E-state index in [1.54, 1.807) is 0 Å². The van der Waals surface area contributed by atoms with Crippen molar-refractivity contribution in [3.63, 3.8) is 0 Å². The SMILES string of the molecule is Nc1ccc(S(=O)(=O)Nc2cccc(Cl)n2)c(C(=O)O)c1. The van der Waals surface area contributed by atoms with E-state index < -0.39 is 26.5 Å². The Morgan fingerprint density at radius 1 is 1.29 bits per heavy atom. The van der Waals surface area contributed by atoms with Crippen LogP contribution < -0.4 is 10.5 Å². The maximum absolute atomic E-state index is 12.3. The van der Waals surface area contributed by atoms with Gasteiger partial charge in [0.2, 0.25) is 0 Å². The number of nitrogens with two attached hydrogens (primary N) is 1. The second kappa shape index (κ2) is 5.58. The van der Waals surface area contributed by atoms with E-state index in [-0.39, 0.29) is 16.7 Å². The number of anilines is 2. The van der Waals surface area contributed by atoms with Crippen molar-refractivity contribution in [2.45, 2.75) is 4.90 Å². The van der Waals surface area contributed by atoms with E-state index in [9.17, 15) is 13.2 Å². The number of halogens is 1. The predicted octanol–water partition coefficient (Wildman–Crippen LogP) is 1.82. The molecule has 0 unspecified atom stereocenters. The van der Waals surface area contributed by atoms with Crippen LogP contribution in [0.1, 0.15) is 10.4 Å². The molecule has 1 heterocycles. The Morgan fingerprint density at radius 3 is 2.62 bits per heavy atom. The Bertz CT molecular complexity index is 808. The molecule has 0 radical (unpaired) electrons. The van der Waals surface area contributed by atoms with Gasteiger partial charge in [-0.3, -0.25) is 4.72 Å². The smallest absolute Gasteiger partial charge is 0.337 e. The van der Waals surface area contributed by atoms with Crippen molar-refractivity contribution < 1.29 is 18.3 Å². The van der Waals surface area contributed by atoms with Crippen LogP contribution in [0, 0.1) is 0 Å². The summed E-state index contributed by atoms with van der Waals surface area (Å²) >= 11 is 5.67. The highest BCUT2D eigenvalue weighted by molar-refractivity contribution is 7.92. The Hall–Kier alpha value is -2.32. The van der Waals surface area contributed by atoms with Gasteiger partial charge in [-0.25, -0.2) is 18.2 Å². The molecule has 21 heavy (non-hydrogen) atoms. The Labute approximate surface area is 125 Å². The third-order valence-corrected chi connectivity index (χ3v) is 4.10. The summed E-state index contributed by atoms with van der Waals surface area (Å²) in [5, 5.41) is 9.18. The predicted molar refractivity (Wildman–Crippen MR) is 77.9 cm³/mol. The zero-order valence-corrected chi connectivity index (χ0v) is 12.0. The molecule has 7 nitrogen and oxygen atoms in total. The number of rotatable bonds is 4. The number of nitrogens with zero attached hydrogens (tertiary/aromatic N) is 1. The zero-order chi connectivity index (χ0) is 15.6.